The van der Waals surface area contributed by atoms with Crippen LogP contribution < -0.4 is 0 Å². The van der Waals surface area contributed by atoms with Crippen molar-refractivity contribution in [2.75, 3.05) is 0 Å². The highest BCUT2D eigenvalue weighted by Gasteiger charge is 2.22. The van der Waals surface area contributed by atoms with E-state index < -0.39 is 5.92 Å². The fraction of sp³-hybridized carbons (Fsp3) is 0.143. The summed E-state index contributed by atoms with van der Waals surface area (Å²) in [5, 5.41) is 9.78. The highest BCUT2D eigenvalue weighted by molar-refractivity contribution is 7.14. The third-order valence-electron chi connectivity index (χ3n) is 2.58. The number of hydrogen-bond donors (Lipinski definition) is 0. The molecule has 0 spiro atoms. The SMILES string of the molecule is Cc1ccc(C(=O)C(C#N)c2ccc(Cl)cc2)s1. The Kier molecular flexibility index (Phi) is 3.81. The first-order valence-corrected chi connectivity index (χ1v) is 6.57. The number of Topliss-reactive ketones (excluding diaryl/α,β-unsaturated/α-hetero) is 1. The molecule has 0 amide bonds. The summed E-state index contributed by atoms with van der Waals surface area (Å²) in [5.41, 5.74) is 0.679. The topological polar surface area (TPSA) is 40.9 Å². The number of nitrogens with zero attached hydrogens (tertiary/aromatic N) is 1. The number of thiophene rings is 1. The summed E-state index contributed by atoms with van der Waals surface area (Å²) in [4.78, 5) is 13.9. The Balaban J connectivity index is 2.32. The lowest BCUT2D eigenvalue weighted by molar-refractivity contribution is 0.0983. The summed E-state index contributed by atoms with van der Waals surface area (Å²) in [5.74, 6) is -0.918. The summed E-state index contributed by atoms with van der Waals surface area (Å²) in [6.45, 7) is 1.94. The van der Waals surface area contributed by atoms with Gasteiger partial charge in [-0.1, -0.05) is 23.7 Å². The zero-order chi connectivity index (χ0) is 13.1. The molecule has 0 radical (unpaired) electrons. The maximum Gasteiger partial charge on any atom is 0.194 e. The lowest BCUT2D eigenvalue weighted by Gasteiger charge is -2.07. The van der Waals surface area contributed by atoms with Gasteiger partial charge >= 0.3 is 0 Å². The van der Waals surface area contributed by atoms with Crippen LogP contribution in [0.25, 0.3) is 0 Å². The molecule has 18 heavy (non-hydrogen) atoms. The summed E-state index contributed by atoms with van der Waals surface area (Å²) >= 11 is 7.20. The highest BCUT2D eigenvalue weighted by atomic mass is 35.5. The normalized spacial score (nSPS) is 11.8. The molecule has 1 aromatic carbocycles. The molecule has 0 saturated carbocycles. The number of halogens is 1. The fourth-order valence-electron chi connectivity index (χ4n) is 1.65. The second-order valence-electron chi connectivity index (χ2n) is 3.89. The van der Waals surface area contributed by atoms with E-state index in [4.69, 9.17) is 11.6 Å². The van der Waals surface area contributed by atoms with Gasteiger partial charge in [0.05, 0.1) is 10.9 Å². The number of ketones is 1. The van der Waals surface area contributed by atoms with Gasteiger partial charge in [0.15, 0.2) is 5.78 Å². The minimum absolute atomic E-state index is 0.155. The molecular formula is C14H10ClNOS. The average molecular weight is 276 g/mol. The average Bonchev–Trinajstić information content (AvgIpc) is 2.79. The standard InChI is InChI=1S/C14H10ClNOS/c1-9-2-7-13(18-9)14(17)12(8-16)10-3-5-11(15)6-4-10/h2-7,12H,1H3. The van der Waals surface area contributed by atoms with Crippen molar-refractivity contribution in [1.82, 2.24) is 0 Å². The van der Waals surface area contributed by atoms with E-state index in [-0.39, 0.29) is 5.78 Å². The molecule has 0 fully saturated rings. The van der Waals surface area contributed by atoms with Crippen molar-refractivity contribution in [3.63, 3.8) is 0 Å². The minimum atomic E-state index is -0.764. The molecule has 0 aliphatic rings. The van der Waals surface area contributed by atoms with Crippen LogP contribution in [0.5, 0.6) is 0 Å². The fourth-order valence-corrected chi connectivity index (χ4v) is 2.61. The Bertz CT molecular complexity index is 609. The van der Waals surface area contributed by atoms with Gasteiger partial charge in [0.25, 0.3) is 0 Å². The van der Waals surface area contributed by atoms with Crippen LogP contribution in [0.1, 0.15) is 26.0 Å². The number of rotatable bonds is 3. The molecule has 4 heteroatoms. The zero-order valence-electron chi connectivity index (χ0n) is 9.68. The monoisotopic (exact) mass is 275 g/mol. The molecule has 1 aromatic heterocycles. The van der Waals surface area contributed by atoms with Crippen LogP contribution >= 0.6 is 22.9 Å². The number of hydrogen-bond acceptors (Lipinski definition) is 3. The molecule has 0 aliphatic heterocycles. The molecule has 2 nitrogen and oxygen atoms in total. The predicted molar refractivity (Wildman–Crippen MR) is 73.2 cm³/mol. The Morgan fingerprint density at radius 1 is 1.28 bits per heavy atom. The van der Waals surface area contributed by atoms with Crippen LogP contribution in [0, 0.1) is 18.3 Å². The Morgan fingerprint density at radius 2 is 1.94 bits per heavy atom. The third kappa shape index (κ3) is 2.61. The Hall–Kier alpha value is -1.63. The van der Waals surface area contributed by atoms with Gasteiger partial charge in [-0.2, -0.15) is 5.26 Å². The first-order valence-electron chi connectivity index (χ1n) is 5.37. The molecule has 0 bridgehead atoms. The van der Waals surface area contributed by atoms with E-state index >= 15 is 0 Å². The molecule has 0 N–H and O–H groups in total. The summed E-state index contributed by atoms with van der Waals surface area (Å²) in [6, 6.07) is 12.5. The largest absolute Gasteiger partial charge is 0.291 e. The van der Waals surface area contributed by atoms with Crippen molar-refractivity contribution >= 4 is 28.7 Å². The van der Waals surface area contributed by atoms with E-state index in [0.29, 0.717) is 15.5 Å². The van der Waals surface area contributed by atoms with Gasteiger partial charge < -0.3 is 0 Å². The quantitative estimate of drug-likeness (QED) is 0.788. The summed E-state index contributed by atoms with van der Waals surface area (Å²) < 4.78 is 0. The number of benzene rings is 1. The van der Waals surface area contributed by atoms with Crippen LogP contribution in [-0.4, -0.2) is 5.78 Å². The number of carbonyl (C=O) groups excluding carboxylic acids is 1. The van der Waals surface area contributed by atoms with E-state index in [0.717, 1.165) is 4.88 Å². The van der Waals surface area contributed by atoms with E-state index in [2.05, 4.69) is 6.07 Å². The number of aryl methyl sites for hydroxylation is 1. The maximum atomic E-state index is 12.2. The molecule has 90 valence electrons. The van der Waals surface area contributed by atoms with Crippen LogP contribution in [0.2, 0.25) is 5.02 Å². The first-order chi connectivity index (χ1) is 8.61. The van der Waals surface area contributed by atoms with Gasteiger partial charge in [-0.15, -0.1) is 11.3 Å². The second-order valence-corrected chi connectivity index (χ2v) is 5.61. The first kappa shape index (κ1) is 12.8. The molecule has 1 heterocycles. The van der Waals surface area contributed by atoms with Crippen molar-refractivity contribution in [1.29, 1.82) is 5.26 Å². The van der Waals surface area contributed by atoms with Crippen molar-refractivity contribution < 1.29 is 4.79 Å². The third-order valence-corrected chi connectivity index (χ3v) is 3.85. The van der Waals surface area contributed by atoms with Gasteiger partial charge in [0.1, 0.15) is 5.92 Å². The van der Waals surface area contributed by atoms with Crippen molar-refractivity contribution in [2.45, 2.75) is 12.8 Å². The van der Waals surface area contributed by atoms with Gasteiger partial charge in [0, 0.05) is 9.90 Å². The van der Waals surface area contributed by atoms with Crippen LogP contribution in [-0.2, 0) is 0 Å². The molecule has 1 atom stereocenters. The van der Waals surface area contributed by atoms with Gasteiger partial charge in [-0.3, -0.25) is 4.79 Å². The predicted octanol–water partition coefficient (Wildman–Crippen LogP) is 4.20. The maximum absolute atomic E-state index is 12.2. The number of carbonyl (C=O) groups is 1. The Labute approximate surface area is 114 Å². The van der Waals surface area contributed by atoms with Crippen molar-refractivity contribution in [2.24, 2.45) is 0 Å². The molecule has 0 saturated heterocycles. The molecule has 1 unspecified atom stereocenters. The van der Waals surface area contributed by atoms with Crippen LogP contribution in [0.3, 0.4) is 0 Å². The van der Waals surface area contributed by atoms with Crippen LogP contribution in [0.15, 0.2) is 36.4 Å². The van der Waals surface area contributed by atoms with Crippen molar-refractivity contribution in [3.05, 3.63) is 56.7 Å². The van der Waals surface area contributed by atoms with E-state index in [1.165, 1.54) is 11.3 Å². The van der Waals surface area contributed by atoms with E-state index in [1.807, 2.05) is 13.0 Å². The molecular weight excluding hydrogens is 266 g/mol. The van der Waals surface area contributed by atoms with E-state index in [1.54, 1.807) is 30.3 Å². The molecule has 2 aromatic rings. The van der Waals surface area contributed by atoms with Gasteiger partial charge in [0.2, 0.25) is 0 Å². The summed E-state index contributed by atoms with van der Waals surface area (Å²) in [7, 11) is 0. The lowest BCUT2D eigenvalue weighted by atomic mass is 9.95. The summed E-state index contributed by atoms with van der Waals surface area (Å²) in [6.07, 6.45) is 0. The minimum Gasteiger partial charge on any atom is -0.291 e. The highest BCUT2D eigenvalue weighted by Crippen LogP contribution is 2.25. The second kappa shape index (κ2) is 5.34. The zero-order valence-corrected chi connectivity index (χ0v) is 11.3. The van der Waals surface area contributed by atoms with E-state index in [9.17, 15) is 10.1 Å². The molecule has 0 aliphatic carbocycles. The van der Waals surface area contributed by atoms with Gasteiger partial charge in [-0.05, 0) is 36.8 Å². The van der Waals surface area contributed by atoms with Gasteiger partial charge in [-0.25, -0.2) is 0 Å². The van der Waals surface area contributed by atoms with Crippen LogP contribution in [0.4, 0.5) is 0 Å². The Morgan fingerprint density at radius 3 is 2.44 bits per heavy atom. The molecule has 2 rings (SSSR count). The van der Waals surface area contributed by atoms with Crippen molar-refractivity contribution in [3.8, 4) is 6.07 Å². The smallest absolute Gasteiger partial charge is 0.194 e. The lowest BCUT2D eigenvalue weighted by Crippen LogP contribution is -2.09. The number of nitriles is 1.